The van der Waals surface area contributed by atoms with Gasteiger partial charge in [-0.05, 0) is 76.0 Å². The molecule has 4 atom stereocenters. The summed E-state index contributed by atoms with van der Waals surface area (Å²) in [6, 6.07) is 0.0278. The molecule has 3 fully saturated rings. The molecule has 4 unspecified atom stereocenters. The van der Waals surface area contributed by atoms with Gasteiger partial charge in [0.15, 0.2) is 0 Å². The molecule has 0 aromatic heterocycles. The molecule has 3 aliphatic rings. The van der Waals surface area contributed by atoms with Gasteiger partial charge in [-0.2, -0.15) is 0 Å². The Morgan fingerprint density at radius 2 is 1.49 bits per heavy atom. The van der Waals surface area contributed by atoms with Gasteiger partial charge in [0, 0.05) is 11.5 Å². The summed E-state index contributed by atoms with van der Waals surface area (Å²) in [5.41, 5.74) is 6.38. The van der Waals surface area contributed by atoms with Crippen LogP contribution in [0.5, 0.6) is 0 Å². The van der Waals surface area contributed by atoms with Gasteiger partial charge < -0.3 is 15.2 Å². The lowest BCUT2D eigenvalue weighted by atomic mass is 9.50. The Bertz CT molecular complexity index is 761. The van der Waals surface area contributed by atoms with Gasteiger partial charge >= 0.3 is 11.9 Å². The molecule has 0 aromatic carbocycles. The Balaban J connectivity index is 1.63. The van der Waals surface area contributed by atoms with Crippen LogP contribution in [0.4, 0.5) is 0 Å². The second-order valence-corrected chi connectivity index (χ2v) is 13.9. The molecule has 0 bridgehead atoms. The average molecular weight is 526 g/mol. The third kappa shape index (κ3) is 7.90. The Morgan fingerprint density at radius 3 is 2.14 bits per heavy atom. The molecule has 0 radical (unpaired) electrons. The van der Waals surface area contributed by atoms with Crippen LogP contribution in [0.1, 0.15) is 131 Å². The minimum Gasteiger partial charge on any atom is -0.462 e. The number of carbonyl (C=O) groups is 2. The summed E-state index contributed by atoms with van der Waals surface area (Å²) in [4.78, 5) is 30.6. The van der Waals surface area contributed by atoms with Crippen LogP contribution in [0.15, 0.2) is 0 Å². The van der Waals surface area contributed by atoms with Crippen LogP contribution in [0.25, 0.3) is 0 Å². The molecule has 2 spiro atoms. The molecular weight excluding hydrogens is 474 g/mol. The minimum absolute atomic E-state index is 0.0240. The second kappa shape index (κ2) is 12.3. The highest BCUT2D eigenvalue weighted by atomic mass is 17.5. The van der Waals surface area contributed by atoms with Gasteiger partial charge in [0.25, 0.3) is 0 Å². The first-order chi connectivity index (χ1) is 17.3. The molecule has 3 saturated carbocycles. The maximum Gasteiger partial charge on any atom is 0.309 e. The summed E-state index contributed by atoms with van der Waals surface area (Å²) >= 11 is 0. The standard InChI is InChI=1S/C29H51NO7/c1-26(2,3)20-27(4,5)35-24(32)19-21(36-37-33)18-23(31)34-22-12-7-10-16-29(22)17-11-15-28(25(29)30)13-8-6-9-14-28/h21-22,25,33H,6-20,30H2,1-5H3. The van der Waals surface area contributed by atoms with Gasteiger partial charge in [-0.3, -0.25) is 9.59 Å². The summed E-state index contributed by atoms with van der Waals surface area (Å²) in [6.45, 7) is 9.96. The lowest BCUT2D eigenvalue weighted by Gasteiger charge is -2.58. The molecule has 8 heteroatoms. The molecule has 0 aliphatic heterocycles. The van der Waals surface area contributed by atoms with Gasteiger partial charge in [-0.1, -0.05) is 57.9 Å². The molecule has 0 saturated heterocycles. The number of ether oxygens (including phenoxy) is 2. The quantitative estimate of drug-likeness (QED) is 0.206. The van der Waals surface area contributed by atoms with Crippen molar-refractivity contribution in [3.05, 3.63) is 0 Å². The van der Waals surface area contributed by atoms with Crippen molar-refractivity contribution in [3.63, 3.8) is 0 Å². The van der Waals surface area contributed by atoms with Gasteiger partial charge in [-0.25, -0.2) is 10.1 Å². The highest BCUT2D eigenvalue weighted by Crippen LogP contribution is 2.58. The summed E-state index contributed by atoms with van der Waals surface area (Å²) in [5, 5.41) is 12.8. The number of nitrogens with two attached hydrogens (primary N) is 1. The number of hydrogen-bond donors (Lipinski definition) is 2. The number of carbonyl (C=O) groups excluding carboxylic acids is 2. The highest BCUT2D eigenvalue weighted by Gasteiger charge is 2.56. The van der Waals surface area contributed by atoms with E-state index in [-0.39, 0.29) is 41.2 Å². The number of esters is 2. The van der Waals surface area contributed by atoms with E-state index in [1.807, 2.05) is 13.8 Å². The first-order valence-corrected chi connectivity index (χ1v) is 14.4. The van der Waals surface area contributed by atoms with Crippen molar-refractivity contribution < 1.29 is 34.2 Å². The summed E-state index contributed by atoms with van der Waals surface area (Å²) in [7, 11) is 0. The summed E-state index contributed by atoms with van der Waals surface area (Å²) in [5.74, 6) is -0.989. The highest BCUT2D eigenvalue weighted by molar-refractivity contribution is 5.74. The fourth-order valence-corrected chi connectivity index (χ4v) is 8.00. The van der Waals surface area contributed by atoms with Crippen molar-refractivity contribution >= 4 is 11.9 Å². The Labute approximate surface area is 223 Å². The third-order valence-corrected chi connectivity index (χ3v) is 9.03. The monoisotopic (exact) mass is 525 g/mol. The maximum atomic E-state index is 13.1. The van der Waals surface area contributed by atoms with Crippen LogP contribution in [-0.4, -0.2) is 41.0 Å². The number of hydrogen-bond acceptors (Lipinski definition) is 8. The van der Waals surface area contributed by atoms with Crippen LogP contribution in [0, 0.1) is 16.2 Å². The van der Waals surface area contributed by atoms with Gasteiger partial charge in [0.1, 0.15) is 17.8 Å². The van der Waals surface area contributed by atoms with Crippen molar-refractivity contribution in [3.8, 4) is 0 Å². The van der Waals surface area contributed by atoms with Crippen molar-refractivity contribution in [1.82, 2.24) is 0 Å². The van der Waals surface area contributed by atoms with Crippen molar-refractivity contribution in [2.24, 2.45) is 22.0 Å². The van der Waals surface area contributed by atoms with E-state index in [0.29, 0.717) is 6.42 Å². The molecule has 3 N–H and O–H groups in total. The fraction of sp³-hybridized carbons (Fsp3) is 0.931. The molecule has 0 amide bonds. The lowest BCUT2D eigenvalue weighted by molar-refractivity contribution is -0.505. The van der Waals surface area contributed by atoms with Crippen molar-refractivity contribution in [2.45, 2.75) is 155 Å². The van der Waals surface area contributed by atoms with E-state index in [1.165, 1.54) is 38.5 Å². The van der Waals surface area contributed by atoms with E-state index in [2.05, 4.69) is 25.8 Å². The zero-order valence-corrected chi connectivity index (χ0v) is 23.8. The average Bonchev–Trinajstić information content (AvgIpc) is 2.77. The van der Waals surface area contributed by atoms with E-state index in [9.17, 15) is 9.59 Å². The zero-order chi connectivity index (χ0) is 27.3. The van der Waals surface area contributed by atoms with E-state index in [0.717, 1.165) is 38.5 Å². The molecule has 0 aromatic rings. The first kappa shape index (κ1) is 30.3. The van der Waals surface area contributed by atoms with Crippen LogP contribution in [0.2, 0.25) is 0 Å². The third-order valence-electron chi connectivity index (χ3n) is 9.03. The van der Waals surface area contributed by atoms with Crippen LogP contribution < -0.4 is 5.73 Å². The Kier molecular flexibility index (Phi) is 10.1. The first-order valence-electron chi connectivity index (χ1n) is 14.4. The van der Waals surface area contributed by atoms with Gasteiger partial charge in [0.2, 0.25) is 0 Å². The van der Waals surface area contributed by atoms with Crippen molar-refractivity contribution in [2.75, 3.05) is 0 Å². The largest absolute Gasteiger partial charge is 0.462 e. The van der Waals surface area contributed by atoms with E-state index in [4.69, 9.17) is 25.4 Å². The molecule has 3 aliphatic carbocycles. The smallest absolute Gasteiger partial charge is 0.309 e. The maximum absolute atomic E-state index is 13.1. The molecule has 3 rings (SSSR count). The fourth-order valence-electron chi connectivity index (χ4n) is 8.00. The molecule has 0 heterocycles. The topological polar surface area (TPSA) is 117 Å². The molecular formula is C29H51NO7. The van der Waals surface area contributed by atoms with Crippen LogP contribution in [0.3, 0.4) is 0 Å². The molecule has 214 valence electrons. The molecule has 37 heavy (non-hydrogen) atoms. The predicted molar refractivity (Wildman–Crippen MR) is 140 cm³/mol. The Morgan fingerprint density at radius 1 is 0.892 bits per heavy atom. The van der Waals surface area contributed by atoms with E-state index >= 15 is 0 Å². The summed E-state index contributed by atoms with van der Waals surface area (Å²) < 4.78 is 11.8. The molecule has 8 nitrogen and oxygen atoms in total. The van der Waals surface area contributed by atoms with E-state index < -0.39 is 23.6 Å². The number of rotatable bonds is 9. The normalized spacial score (nSPS) is 29.2. The SMILES string of the molecule is CC(C)(C)CC(C)(C)OC(=O)CC(CC(=O)OC1CCCCC12CCCC1(CCCCC1)C2N)OOO. The minimum atomic E-state index is -1.01. The van der Waals surface area contributed by atoms with Gasteiger partial charge in [0.05, 0.1) is 12.8 Å². The lowest BCUT2D eigenvalue weighted by Crippen LogP contribution is -2.62. The zero-order valence-electron chi connectivity index (χ0n) is 23.8. The van der Waals surface area contributed by atoms with Crippen LogP contribution in [-0.2, 0) is 29.0 Å². The van der Waals surface area contributed by atoms with Gasteiger partial charge in [-0.15, -0.1) is 0 Å². The van der Waals surface area contributed by atoms with E-state index in [1.54, 1.807) is 0 Å². The Hall–Kier alpha value is -1.22. The van der Waals surface area contributed by atoms with Crippen LogP contribution >= 0.6 is 0 Å². The van der Waals surface area contributed by atoms with Crippen molar-refractivity contribution in [1.29, 1.82) is 0 Å². The predicted octanol–water partition coefficient (Wildman–Crippen LogP) is 6.25. The second-order valence-electron chi connectivity index (χ2n) is 13.9. The summed E-state index contributed by atoms with van der Waals surface area (Å²) in [6.07, 6.45) is 12.3.